The molecule has 1 atom stereocenters. The van der Waals surface area contributed by atoms with Crippen LogP contribution in [0.15, 0.2) is 53.7 Å². The third-order valence-corrected chi connectivity index (χ3v) is 6.37. The first-order chi connectivity index (χ1) is 15.8. The van der Waals surface area contributed by atoms with Crippen molar-refractivity contribution in [3.05, 3.63) is 64.3 Å². The fraction of sp³-hybridized carbons (Fsp3) is 0.320. The highest BCUT2D eigenvalue weighted by Crippen LogP contribution is 2.46. The molecule has 5 rings (SSSR count). The van der Waals surface area contributed by atoms with Crippen LogP contribution in [-0.4, -0.2) is 34.8 Å². The number of aromatic nitrogens is 3. The third kappa shape index (κ3) is 3.76. The summed E-state index contributed by atoms with van der Waals surface area (Å²) in [5.74, 6) is 2.46. The van der Waals surface area contributed by atoms with Gasteiger partial charge >= 0.3 is 0 Å². The molecule has 0 fully saturated rings. The minimum absolute atomic E-state index is 0.110. The number of anilines is 1. The Balaban J connectivity index is 1.69. The second kappa shape index (κ2) is 7.92. The summed E-state index contributed by atoms with van der Waals surface area (Å²) >= 11 is 6.20. The molecule has 1 N–H and O–H groups in total. The van der Waals surface area contributed by atoms with Gasteiger partial charge in [0.1, 0.15) is 6.04 Å². The van der Waals surface area contributed by atoms with E-state index < -0.39 is 6.04 Å². The summed E-state index contributed by atoms with van der Waals surface area (Å²) in [6.07, 6.45) is 1.22. The number of rotatable bonds is 4. The molecule has 8 heteroatoms. The normalized spacial score (nSPS) is 18.9. The first-order valence-corrected chi connectivity index (χ1v) is 11.1. The maximum atomic E-state index is 13.4. The lowest BCUT2D eigenvalue weighted by Gasteiger charge is -2.38. The summed E-state index contributed by atoms with van der Waals surface area (Å²) < 4.78 is 12.7. The van der Waals surface area contributed by atoms with Gasteiger partial charge in [0.2, 0.25) is 5.95 Å². The van der Waals surface area contributed by atoms with Gasteiger partial charge in [-0.1, -0.05) is 43.6 Å². The summed E-state index contributed by atoms with van der Waals surface area (Å²) in [4.78, 5) is 18.2. The van der Waals surface area contributed by atoms with Gasteiger partial charge < -0.3 is 14.8 Å². The molecule has 2 aromatic carbocycles. The molecule has 2 aliphatic rings. The fourth-order valence-electron chi connectivity index (χ4n) is 4.69. The van der Waals surface area contributed by atoms with E-state index in [-0.39, 0.29) is 11.2 Å². The van der Waals surface area contributed by atoms with E-state index in [9.17, 15) is 4.79 Å². The lowest BCUT2D eigenvalue weighted by Crippen LogP contribution is -2.36. The number of Topliss-reactive ketones (excluding diaryl/α,β-unsaturated/α-hetero) is 1. The highest BCUT2D eigenvalue weighted by molar-refractivity contribution is 6.30. The Morgan fingerprint density at radius 1 is 1.09 bits per heavy atom. The Bertz CT molecular complexity index is 1290. The summed E-state index contributed by atoms with van der Waals surface area (Å²) in [7, 11) is 3.20. The van der Waals surface area contributed by atoms with Crippen molar-refractivity contribution in [2.24, 2.45) is 5.41 Å². The van der Waals surface area contributed by atoms with Crippen LogP contribution in [0.2, 0.25) is 5.02 Å². The molecular formula is C25H25ClN4O3. The Labute approximate surface area is 197 Å². The lowest BCUT2D eigenvalue weighted by molar-refractivity contribution is -0.118. The molecule has 0 unspecified atom stereocenters. The Morgan fingerprint density at radius 3 is 2.61 bits per heavy atom. The van der Waals surface area contributed by atoms with Crippen LogP contribution in [-0.2, 0) is 4.79 Å². The molecule has 3 aromatic rings. The standard InChI is InChI=1S/C25H25ClN4O3/c1-25(2)12-17-21(18(31)13-25)22(14-8-9-19(32-3)20(11-14)33-4)30-24(27-17)28-23(29-30)15-6-5-7-16(26)10-15/h5-11,22H,12-13H2,1-4H3,(H,27,28,29)/t22-/m1/s1. The maximum absolute atomic E-state index is 13.4. The number of carbonyl (C=O) groups is 1. The van der Waals surface area contributed by atoms with Crippen LogP contribution < -0.4 is 14.8 Å². The quantitative estimate of drug-likeness (QED) is 0.566. The van der Waals surface area contributed by atoms with Crippen molar-refractivity contribution in [1.29, 1.82) is 0 Å². The molecule has 0 saturated carbocycles. The van der Waals surface area contributed by atoms with Crippen molar-refractivity contribution < 1.29 is 14.3 Å². The van der Waals surface area contributed by atoms with Gasteiger partial charge in [-0.25, -0.2) is 4.68 Å². The van der Waals surface area contributed by atoms with Crippen molar-refractivity contribution in [2.75, 3.05) is 19.5 Å². The Kier molecular flexibility index (Phi) is 5.16. The van der Waals surface area contributed by atoms with Gasteiger partial charge in [-0.15, -0.1) is 5.10 Å². The van der Waals surface area contributed by atoms with E-state index in [1.165, 1.54) is 0 Å². The van der Waals surface area contributed by atoms with Crippen molar-refractivity contribution in [3.63, 3.8) is 0 Å². The number of halogens is 1. The first-order valence-electron chi connectivity index (χ1n) is 10.8. The van der Waals surface area contributed by atoms with E-state index in [2.05, 4.69) is 19.2 Å². The van der Waals surface area contributed by atoms with E-state index in [1.807, 2.05) is 42.5 Å². The monoisotopic (exact) mass is 464 g/mol. The second-order valence-electron chi connectivity index (χ2n) is 9.19. The minimum atomic E-state index is -0.430. The summed E-state index contributed by atoms with van der Waals surface area (Å²) in [6.45, 7) is 4.22. The average molecular weight is 465 g/mol. The molecule has 0 bridgehead atoms. The van der Waals surface area contributed by atoms with Gasteiger partial charge in [0.15, 0.2) is 23.1 Å². The van der Waals surface area contributed by atoms with E-state index in [1.54, 1.807) is 18.9 Å². The number of methoxy groups -OCH3 is 2. The number of carbonyl (C=O) groups excluding carboxylic acids is 1. The number of ketones is 1. The molecule has 0 amide bonds. The van der Waals surface area contributed by atoms with Gasteiger partial charge in [-0.2, -0.15) is 4.98 Å². The zero-order valence-corrected chi connectivity index (χ0v) is 19.7. The van der Waals surface area contributed by atoms with Gasteiger partial charge in [0.25, 0.3) is 0 Å². The summed E-state index contributed by atoms with van der Waals surface area (Å²) in [5.41, 5.74) is 3.16. The topological polar surface area (TPSA) is 78.3 Å². The predicted octanol–water partition coefficient (Wildman–Crippen LogP) is 5.27. The second-order valence-corrected chi connectivity index (χ2v) is 9.63. The highest BCUT2D eigenvalue weighted by Gasteiger charge is 2.42. The zero-order chi connectivity index (χ0) is 23.3. The predicted molar refractivity (Wildman–Crippen MR) is 127 cm³/mol. The fourth-order valence-corrected chi connectivity index (χ4v) is 4.88. The number of allylic oxidation sites excluding steroid dienone is 2. The Morgan fingerprint density at radius 2 is 1.88 bits per heavy atom. The van der Waals surface area contributed by atoms with Crippen molar-refractivity contribution in [3.8, 4) is 22.9 Å². The van der Waals surface area contributed by atoms with Crippen LogP contribution in [0.25, 0.3) is 11.4 Å². The SMILES string of the molecule is COc1ccc([C@@H]2C3=C(CC(C)(C)CC3=O)Nc3nc(-c4cccc(Cl)c4)nn32)cc1OC. The lowest BCUT2D eigenvalue weighted by atomic mass is 9.73. The first kappa shape index (κ1) is 21.5. The number of hydrogen-bond donors (Lipinski definition) is 1. The number of benzene rings is 2. The number of nitrogens with one attached hydrogen (secondary N) is 1. The molecule has 0 spiro atoms. The van der Waals surface area contributed by atoms with Gasteiger partial charge in [0.05, 0.1) is 14.2 Å². The highest BCUT2D eigenvalue weighted by atomic mass is 35.5. The number of ether oxygens (including phenoxy) is 2. The largest absolute Gasteiger partial charge is 0.493 e. The molecule has 0 radical (unpaired) electrons. The molecule has 1 aliphatic heterocycles. The molecule has 170 valence electrons. The molecular weight excluding hydrogens is 440 g/mol. The number of fused-ring (bicyclic) bond motifs is 1. The molecule has 7 nitrogen and oxygen atoms in total. The molecule has 1 aliphatic carbocycles. The van der Waals surface area contributed by atoms with Crippen molar-refractivity contribution in [1.82, 2.24) is 14.8 Å². The smallest absolute Gasteiger partial charge is 0.226 e. The third-order valence-electron chi connectivity index (χ3n) is 6.14. The molecule has 2 heterocycles. The van der Waals surface area contributed by atoms with E-state index >= 15 is 0 Å². The van der Waals surface area contributed by atoms with Crippen LogP contribution in [0.1, 0.15) is 38.3 Å². The van der Waals surface area contributed by atoms with Crippen molar-refractivity contribution >= 4 is 23.3 Å². The number of nitrogens with zero attached hydrogens (tertiary/aromatic N) is 3. The number of hydrogen-bond acceptors (Lipinski definition) is 6. The van der Waals surface area contributed by atoms with Crippen LogP contribution in [0.4, 0.5) is 5.95 Å². The van der Waals surface area contributed by atoms with Crippen LogP contribution in [0.3, 0.4) is 0 Å². The van der Waals surface area contributed by atoms with Crippen molar-refractivity contribution in [2.45, 2.75) is 32.7 Å². The summed E-state index contributed by atoms with van der Waals surface area (Å²) in [6, 6.07) is 12.7. The minimum Gasteiger partial charge on any atom is -0.493 e. The van der Waals surface area contributed by atoms with Crippen LogP contribution in [0, 0.1) is 5.41 Å². The van der Waals surface area contributed by atoms with Gasteiger partial charge in [-0.05, 0) is 41.7 Å². The summed E-state index contributed by atoms with van der Waals surface area (Å²) in [5, 5.41) is 8.82. The van der Waals surface area contributed by atoms with Gasteiger partial charge in [-0.3, -0.25) is 4.79 Å². The zero-order valence-electron chi connectivity index (χ0n) is 19.0. The molecule has 0 saturated heterocycles. The van der Waals surface area contributed by atoms with E-state index in [0.717, 1.165) is 28.8 Å². The van der Waals surface area contributed by atoms with E-state index in [4.69, 9.17) is 31.2 Å². The van der Waals surface area contributed by atoms with Crippen LogP contribution in [0.5, 0.6) is 11.5 Å². The molecule has 1 aromatic heterocycles. The van der Waals surface area contributed by atoms with Crippen LogP contribution >= 0.6 is 11.6 Å². The van der Waals surface area contributed by atoms with Gasteiger partial charge in [0, 0.05) is 28.3 Å². The Hall–Kier alpha value is -3.32. The maximum Gasteiger partial charge on any atom is 0.226 e. The van der Waals surface area contributed by atoms with E-state index in [0.29, 0.717) is 34.7 Å². The molecule has 33 heavy (non-hydrogen) atoms. The average Bonchev–Trinajstić information content (AvgIpc) is 3.20.